The van der Waals surface area contributed by atoms with E-state index in [-0.39, 0.29) is 17.1 Å². The highest BCUT2D eigenvalue weighted by molar-refractivity contribution is 5.91. The molecule has 21 heavy (non-hydrogen) atoms. The summed E-state index contributed by atoms with van der Waals surface area (Å²) in [5.74, 6) is -0.173. The third-order valence-electron chi connectivity index (χ3n) is 2.84. The summed E-state index contributed by atoms with van der Waals surface area (Å²) < 4.78 is 1.33. The lowest BCUT2D eigenvalue weighted by molar-refractivity contribution is -0.385. The number of nitro groups is 1. The van der Waals surface area contributed by atoms with E-state index in [1.165, 1.54) is 4.68 Å². The lowest BCUT2D eigenvalue weighted by atomic mass is 10.2. The van der Waals surface area contributed by atoms with E-state index in [0.717, 1.165) is 12.3 Å². The number of aromatic nitrogens is 4. The quantitative estimate of drug-likeness (QED) is 0.651. The smallest absolute Gasteiger partial charge is 0.339 e. The molecule has 2 aromatic heterocycles. The van der Waals surface area contributed by atoms with Gasteiger partial charge in [0.25, 0.3) is 5.69 Å². The maximum atomic E-state index is 11.3. The van der Waals surface area contributed by atoms with Crippen molar-refractivity contribution in [2.24, 2.45) is 0 Å². The minimum atomic E-state index is -1.31. The van der Waals surface area contributed by atoms with Crippen LogP contribution in [0.15, 0.2) is 12.3 Å². The van der Waals surface area contributed by atoms with E-state index in [0.29, 0.717) is 24.5 Å². The standard InChI is InChI=1S/C12H13N5O4/c1-3-9-14-10(4-2)16(15-9)11-8(12(18)19)5-7(6-13-11)17(20)21/h5-6H,3-4H2,1-2H3,(H,18,19). The highest BCUT2D eigenvalue weighted by Crippen LogP contribution is 2.19. The lowest BCUT2D eigenvalue weighted by Gasteiger charge is -2.06. The molecule has 2 rings (SSSR count). The minimum Gasteiger partial charge on any atom is -0.478 e. The molecule has 9 nitrogen and oxygen atoms in total. The van der Waals surface area contributed by atoms with Crippen LogP contribution in [0.4, 0.5) is 5.69 Å². The summed E-state index contributed by atoms with van der Waals surface area (Å²) in [6.45, 7) is 3.73. The van der Waals surface area contributed by atoms with Crippen LogP contribution >= 0.6 is 0 Å². The molecule has 9 heteroatoms. The Kier molecular flexibility index (Phi) is 3.92. The molecule has 0 fully saturated rings. The highest BCUT2D eigenvalue weighted by Gasteiger charge is 2.21. The normalized spacial score (nSPS) is 10.6. The summed E-state index contributed by atoms with van der Waals surface area (Å²) in [7, 11) is 0. The van der Waals surface area contributed by atoms with Crippen molar-refractivity contribution < 1.29 is 14.8 Å². The first-order valence-electron chi connectivity index (χ1n) is 6.30. The topological polar surface area (TPSA) is 124 Å². The van der Waals surface area contributed by atoms with E-state index < -0.39 is 10.9 Å². The molecule has 2 aromatic rings. The van der Waals surface area contributed by atoms with E-state index in [2.05, 4.69) is 15.1 Å². The number of carboxylic acids is 1. The SMILES string of the molecule is CCc1nc(CC)n(-c2ncc([N+](=O)[O-])cc2C(=O)O)n1. The van der Waals surface area contributed by atoms with Crippen molar-refractivity contribution >= 4 is 11.7 Å². The van der Waals surface area contributed by atoms with Crippen LogP contribution < -0.4 is 0 Å². The van der Waals surface area contributed by atoms with E-state index in [1.54, 1.807) is 0 Å². The van der Waals surface area contributed by atoms with Crippen molar-refractivity contribution in [3.05, 3.63) is 39.6 Å². The second-order valence-electron chi connectivity index (χ2n) is 4.19. The van der Waals surface area contributed by atoms with Gasteiger partial charge < -0.3 is 5.11 Å². The zero-order valence-corrected chi connectivity index (χ0v) is 11.5. The summed E-state index contributed by atoms with van der Waals surface area (Å²) in [4.78, 5) is 29.5. The van der Waals surface area contributed by atoms with Crippen molar-refractivity contribution in [3.63, 3.8) is 0 Å². The van der Waals surface area contributed by atoms with Crippen LogP contribution in [-0.4, -0.2) is 35.7 Å². The Balaban J connectivity index is 2.65. The van der Waals surface area contributed by atoms with Gasteiger partial charge in [0, 0.05) is 18.9 Å². The monoisotopic (exact) mass is 291 g/mol. The van der Waals surface area contributed by atoms with Gasteiger partial charge in [-0.15, -0.1) is 5.10 Å². The van der Waals surface area contributed by atoms with Crippen molar-refractivity contribution in [3.8, 4) is 5.82 Å². The van der Waals surface area contributed by atoms with E-state index in [9.17, 15) is 20.0 Å². The number of hydrogen-bond acceptors (Lipinski definition) is 6. The summed E-state index contributed by atoms with van der Waals surface area (Å²) in [5.41, 5.74) is -0.670. The fourth-order valence-corrected chi connectivity index (χ4v) is 1.81. The molecule has 0 saturated heterocycles. The zero-order chi connectivity index (χ0) is 15.6. The summed E-state index contributed by atoms with van der Waals surface area (Å²) in [6, 6.07) is 0.970. The van der Waals surface area contributed by atoms with Gasteiger partial charge in [-0.25, -0.2) is 14.8 Å². The number of nitrogens with zero attached hydrogens (tertiary/aromatic N) is 5. The van der Waals surface area contributed by atoms with Crippen molar-refractivity contribution in [1.82, 2.24) is 19.7 Å². The molecule has 0 aliphatic carbocycles. The summed E-state index contributed by atoms with van der Waals surface area (Å²) >= 11 is 0. The van der Waals surface area contributed by atoms with Crippen LogP contribution in [0.3, 0.4) is 0 Å². The number of carboxylic acid groups (broad SMARTS) is 1. The molecule has 2 heterocycles. The number of hydrogen-bond donors (Lipinski definition) is 1. The fraction of sp³-hybridized carbons (Fsp3) is 0.333. The zero-order valence-electron chi connectivity index (χ0n) is 11.5. The van der Waals surface area contributed by atoms with Crippen LogP contribution in [-0.2, 0) is 12.8 Å². The van der Waals surface area contributed by atoms with Crippen LogP contribution in [0, 0.1) is 10.1 Å². The maximum absolute atomic E-state index is 11.3. The second-order valence-corrected chi connectivity index (χ2v) is 4.19. The second kappa shape index (κ2) is 5.65. The molecule has 0 aliphatic heterocycles. The molecule has 1 N–H and O–H groups in total. The largest absolute Gasteiger partial charge is 0.478 e. The Bertz CT molecular complexity index is 710. The average molecular weight is 291 g/mol. The van der Waals surface area contributed by atoms with Gasteiger partial charge in [-0.1, -0.05) is 13.8 Å². The molecule has 0 amide bonds. The van der Waals surface area contributed by atoms with E-state index >= 15 is 0 Å². The number of rotatable bonds is 5. The predicted molar refractivity (Wildman–Crippen MR) is 71.5 cm³/mol. The molecule has 0 aromatic carbocycles. The molecule has 0 unspecified atom stereocenters. The van der Waals surface area contributed by atoms with Crippen LogP contribution in [0.5, 0.6) is 0 Å². The van der Waals surface area contributed by atoms with Crippen LogP contribution in [0.1, 0.15) is 35.9 Å². The molecule has 110 valence electrons. The first-order valence-corrected chi connectivity index (χ1v) is 6.30. The number of aryl methyl sites for hydroxylation is 2. The Morgan fingerprint density at radius 3 is 2.67 bits per heavy atom. The Morgan fingerprint density at radius 1 is 1.43 bits per heavy atom. The van der Waals surface area contributed by atoms with Crippen LogP contribution in [0.25, 0.3) is 5.82 Å². The molecule has 0 spiro atoms. The molecular formula is C12H13N5O4. The van der Waals surface area contributed by atoms with Crippen molar-refractivity contribution in [2.45, 2.75) is 26.7 Å². The lowest BCUT2D eigenvalue weighted by Crippen LogP contribution is -2.12. The van der Waals surface area contributed by atoms with Crippen molar-refractivity contribution in [1.29, 1.82) is 0 Å². The Morgan fingerprint density at radius 2 is 2.14 bits per heavy atom. The van der Waals surface area contributed by atoms with Crippen LogP contribution in [0.2, 0.25) is 0 Å². The summed E-state index contributed by atoms with van der Waals surface area (Å²) in [5, 5.41) is 24.2. The number of aromatic carboxylic acids is 1. The van der Waals surface area contributed by atoms with Gasteiger partial charge in [0.15, 0.2) is 11.6 Å². The third kappa shape index (κ3) is 2.71. The molecular weight excluding hydrogens is 278 g/mol. The molecule has 0 saturated carbocycles. The van der Waals surface area contributed by atoms with Gasteiger partial charge in [-0.05, 0) is 0 Å². The number of carbonyl (C=O) groups is 1. The predicted octanol–water partition coefficient (Wildman–Crippen LogP) is 1.39. The number of pyridine rings is 1. The Hall–Kier alpha value is -2.84. The van der Waals surface area contributed by atoms with Gasteiger partial charge in [0.1, 0.15) is 17.6 Å². The van der Waals surface area contributed by atoms with Gasteiger partial charge in [-0.3, -0.25) is 10.1 Å². The van der Waals surface area contributed by atoms with Gasteiger partial charge in [0.05, 0.1) is 4.92 Å². The van der Waals surface area contributed by atoms with Crippen molar-refractivity contribution in [2.75, 3.05) is 0 Å². The highest BCUT2D eigenvalue weighted by atomic mass is 16.6. The van der Waals surface area contributed by atoms with E-state index in [4.69, 9.17) is 0 Å². The van der Waals surface area contributed by atoms with Gasteiger partial charge in [0.2, 0.25) is 0 Å². The minimum absolute atomic E-state index is 0.0251. The first-order chi connectivity index (χ1) is 9.97. The first kappa shape index (κ1) is 14.6. The maximum Gasteiger partial charge on any atom is 0.339 e. The Labute approximate surface area is 119 Å². The third-order valence-corrected chi connectivity index (χ3v) is 2.84. The molecule has 0 aliphatic rings. The molecule has 0 radical (unpaired) electrons. The molecule has 0 atom stereocenters. The molecule has 0 bridgehead atoms. The van der Waals surface area contributed by atoms with Gasteiger partial charge in [-0.2, -0.15) is 4.68 Å². The summed E-state index contributed by atoms with van der Waals surface area (Å²) in [6.07, 6.45) is 2.13. The van der Waals surface area contributed by atoms with E-state index in [1.807, 2.05) is 13.8 Å². The van der Waals surface area contributed by atoms with Gasteiger partial charge >= 0.3 is 5.97 Å². The fourth-order valence-electron chi connectivity index (χ4n) is 1.81. The average Bonchev–Trinajstić information content (AvgIpc) is 2.89.